The largest absolute Gasteiger partial charge is 0.438 e. The Morgan fingerprint density at radius 2 is 2.22 bits per heavy atom. The molecule has 0 unspecified atom stereocenters. The number of fused-ring (bicyclic) bond motifs is 1. The van der Waals surface area contributed by atoms with E-state index in [1.807, 2.05) is 18.2 Å². The Hall–Kier alpha value is -2.10. The first-order valence-electron chi connectivity index (χ1n) is 6.08. The van der Waals surface area contributed by atoms with Gasteiger partial charge in [-0.05, 0) is 31.4 Å². The molecule has 1 aliphatic heterocycles. The molecule has 0 atom stereocenters. The van der Waals surface area contributed by atoms with Crippen molar-refractivity contribution in [1.82, 2.24) is 4.98 Å². The van der Waals surface area contributed by atoms with E-state index in [2.05, 4.69) is 11.1 Å². The van der Waals surface area contributed by atoms with Crippen molar-refractivity contribution in [3.05, 3.63) is 47.7 Å². The number of rotatable bonds is 1. The summed E-state index contributed by atoms with van der Waals surface area (Å²) in [6.07, 6.45) is 3.57. The number of carbonyl (C=O) groups excluding carboxylic acids is 1. The Morgan fingerprint density at radius 1 is 1.39 bits per heavy atom. The van der Waals surface area contributed by atoms with E-state index in [-0.39, 0.29) is 11.8 Å². The smallest absolute Gasteiger partial charge is 0.314 e. The predicted octanol–water partition coefficient (Wildman–Crippen LogP) is 2.58. The molecule has 4 heteroatoms. The van der Waals surface area contributed by atoms with Crippen molar-refractivity contribution < 1.29 is 9.21 Å². The monoisotopic (exact) mass is 242 g/mol. The molecular weight excluding hydrogens is 228 g/mol. The van der Waals surface area contributed by atoms with Crippen molar-refractivity contribution >= 4 is 11.6 Å². The topological polar surface area (TPSA) is 46.3 Å². The summed E-state index contributed by atoms with van der Waals surface area (Å²) >= 11 is 0. The highest BCUT2D eigenvalue weighted by atomic mass is 16.4. The molecule has 0 spiro atoms. The summed E-state index contributed by atoms with van der Waals surface area (Å²) in [6, 6.07) is 7.99. The Bertz CT molecular complexity index is 589. The molecule has 1 aliphatic rings. The fourth-order valence-electron chi connectivity index (χ4n) is 2.31. The van der Waals surface area contributed by atoms with Gasteiger partial charge >= 0.3 is 5.91 Å². The quantitative estimate of drug-likeness (QED) is 0.772. The van der Waals surface area contributed by atoms with Crippen molar-refractivity contribution in [2.24, 2.45) is 0 Å². The molecule has 18 heavy (non-hydrogen) atoms. The minimum Gasteiger partial charge on any atom is -0.438 e. The lowest BCUT2D eigenvalue weighted by atomic mass is 10.0. The van der Waals surface area contributed by atoms with Gasteiger partial charge in [0.05, 0.1) is 6.20 Å². The zero-order valence-electron chi connectivity index (χ0n) is 10.2. The average molecular weight is 242 g/mol. The molecule has 3 rings (SSSR count). The molecule has 1 aromatic carbocycles. The Morgan fingerprint density at radius 3 is 3.00 bits per heavy atom. The number of para-hydroxylation sites is 1. The van der Waals surface area contributed by atoms with Gasteiger partial charge in [0.2, 0.25) is 0 Å². The van der Waals surface area contributed by atoms with E-state index in [4.69, 9.17) is 4.42 Å². The Labute approximate surface area is 105 Å². The van der Waals surface area contributed by atoms with Crippen LogP contribution in [-0.2, 0) is 6.42 Å². The van der Waals surface area contributed by atoms with Crippen LogP contribution in [0.15, 0.2) is 34.9 Å². The highest BCUT2D eigenvalue weighted by Gasteiger charge is 2.26. The number of amides is 1. The molecule has 2 heterocycles. The van der Waals surface area contributed by atoms with Crippen LogP contribution in [0.2, 0.25) is 0 Å². The van der Waals surface area contributed by atoms with Gasteiger partial charge < -0.3 is 9.32 Å². The zero-order valence-corrected chi connectivity index (χ0v) is 10.2. The second-order valence-corrected chi connectivity index (χ2v) is 4.47. The second kappa shape index (κ2) is 4.29. The van der Waals surface area contributed by atoms with Crippen molar-refractivity contribution in [3.63, 3.8) is 0 Å². The van der Waals surface area contributed by atoms with Crippen LogP contribution in [0, 0.1) is 6.92 Å². The number of benzene rings is 1. The van der Waals surface area contributed by atoms with E-state index >= 15 is 0 Å². The maximum atomic E-state index is 12.3. The average Bonchev–Trinajstić information content (AvgIpc) is 2.84. The van der Waals surface area contributed by atoms with Crippen LogP contribution in [0.1, 0.15) is 28.4 Å². The van der Waals surface area contributed by atoms with Gasteiger partial charge in [-0.25, -0.2) is 4.98 Å². The number of hydrogen-bond donors (Lipinski definition) is 0. The van der Waals surface area contributed by atoms with E-state index in [0.717, 1.165) is 25.1 Å². The van der Waals surface area contributed by atoms with Crippen LogP contribution in [0.3, 0.4) is 0 Å². The van der Waals surface area contributed by atoms with Gasteiger partial charge in [0.1, 0.15) is 5.76 Å². The lowest BCUT2D eigenvalue weighted by molar-refractivity contribution is 0.0950. The van der Waals surface area contributed by atoms with Gasteiger partial charge in [-0.2, -0.15) is 0 Å². The summed E-state index contributed by atoms with van der Waals surface area (Å²) in [5, 5.41) is 0. The summed E-state index contributed by atoms with van der Waals surface area (Å²) < 4.78 is 5.31. The van der Waals surface area contributed by atoms with Gasteiger partial charge in [-0.3, -0.25) is 4.79 Å². The number of anilines is 1. The number of oxazole rings is 1. The summed E-state index contributed by atoms with van der Waals surface area (Å²) in [7, 11) is 0. The molecule has 4 nitrogen and oxygen atoms in total. The molecule has 92 valence electrons. The third-order valence-electron chi connectivity index (χ3n) is 3.16. The van der Waals surface area contributed by atoms with E-state index in [0.29, 0.717) is 5.76 Å². The first-order valence-corrected chi connectivity index (χ1v) is 6.08. The maximum absolute atomic E-state index is 12.3. The standard InChI is InChI=1S/C14H14N2O2/c1-10-9-15-13(18-10)14(17)16-8-4-6-11-5-2-3-7-12(11)16/h2-3,5,7,9H,4,6,8H2,1H3. The minimum atomic E-state index is -0.157. The molecule has 1 amide bonds. The summed E-state index contributed by atoms with van der Waals surface area (Å²) in [5.41, 5.74) is 2.19. The predicted molar refractivity (Wildman–Crippen MR) is 67.7 cm³/mol. The summed E-state index contributed by atoms with van der Waals surface area (Å²) in [6.45, 7) is 2.51. The molecular formula is C14H14N2O2. The molecule has 1 aromatic heterocycles. The van der Waals surface area contributed by atoms with Crippen LogP contribution in [0.5, 0.6) is 0 Å². The van der Waals surface area contributed by atoms with E-state index in [9.17, 15) is 4.79 Å². The van der Waals surface area contributed by atoms with E-state index in [1.54, 1.807) is 18.0 Å². The van der Waals surface area contributed by atoms with Crippen molar-refractivity contribution in [1.29, 1.82) is 0 Å². The van der Waals surface area contributed by atoms with Crippen molar-refractivity contribution in [2.45, 2.75) is 19.8 Å². The first kappa shape index (κ1) is 11.0. The Kier molecular flexibility index (Phi) is 2.63. The van der Waals surface area contributed by atoms with Gasteiger partial charge in [-0.15, -0.1) is 0 Å². The normalized spacial score (nSPS) is 14.4. The number of carbonyl (C=O) groups is 1. The van der Waals surface area contributed by atoms with Crippen molar-refractivity contribution in [2.75, 3.05) is 11.4 Å². The second-order valence-electron chi connectivity index (χ2n) is 4.47. The van der Waals surface area contributed by atoms with Gasteiger partial charge in [0.15, 0.2) is 0 Å². The molecule has 0 bridgehead atoms. The summed E-state index contributed by atoms with van der Waals surface area (Å²) in [4.78, 5) is 18.1. The highest BCUT2D eigenvalue weighted by Crippen LogP contribution is 2.27. The molecule has 0 radical (unpaired) electrons. The third kappa shape index (κ3) is 1.79. The molecule has 0 saturated heterocycles. The van der Waals surface area contributed by atoms with Crippen LogP contribution < -0.4 is 4.90 Å². The zero-order chi connectivity index (χ0) is 12.5. The number of aryl methyl sites for hydroxylation is 2. The third-order valence-corrected chi connectivity index (χ3v) is 3.16. The number of aromatic nitrogens is 1. The maximum Gasteiger partial charge on any atom is 0.314 e. The van der Waals surface area contributed by atoms with E-state index in [1.165, 1.54) is 5.56 Å². The Balaban J connectivity index is 1.96. The molecule has 0 aliphatic carbocycles. The first-order chi connectivity index (χ1) is 8.75. The minimum absolute atomic E-state index is 0.157. The fraction of sp³-hybridized carbons (Fsp3) is 0.286. The molecule has 2 aromatic rings. The van der Waals surface area contributed by atoms with Gasteiger partial charge in [0.25, 0.3) is 5.89 Å². The summed E-state index contributed by atoms with van der Waals surface area (Å²) in [5.74, 6) is 0.670. The fourth-order valence-corrected chi connectivity index (χ4v) is 2.31. The van der Waals surface area contributed by atoms with Gasteiger partial charge in [0, 0.05) is 12.2 Å². The van der Waals surface area contributed by atoms with Crippen LogP contribution in [0.25, 0.3) is 0 Å². The number of nitrogens with zero attached hydrogens (tertiary/aromatic N) is 2. The molecule has 0 fully saturated rings. The highest BCUT2D eigenvalue weighted by molar-refractivity contribution is 6.03. The van der Waals surface area contributed by atoms with Crippen LogP contribution in [0.4, 0.5) is 5.69 Å². The molecule has 0 N–H and O–H groups in total. The molecule has 0 saturated carbocycles. The SMILES string of the molecule is Cc1cnc(C(=O)N2CCCc3ccccc32)o1. The van der Waals surface area contributed by atoms with Crippen molar-refractivity contribution in [3.8, 4) is 0 Å². The van der Waals surface area contributed by atoms with Crippen LogP contribution in [-0.4, -0.2) is 17.4 Å². The lowest BCUT2D eigenvalue weighted by Gasteiger charge is -2.28. The van der Waals surface area contributed by atoms with E-state index < -0.39 is 0 Å². The lowest BCUT2D eigenvalue weighted by Crippen LogP contribution is -2.35. The number of hydrogen-bond acceptors (Lipinski definition) is 3. The van der Waals surface area contributed by atoms with Gasteiger partial charge in [-0.1, -0.05) is 18.2 Å². The van der Waals surface area contributed by atoms with Crippen LogP contribution >= 0.6 is 0 Å².